The quantitative estimate of drug-likeness (QED) is 0.747. The molecule has 0 spiro atoms. The maximum Gasteiger partial charge on any atom is 0.237 e. The standard InChI is InChI=1S/C12H24N2O/c1-8(2)10(13)11(15)14-9-6-5-7-12(9,3)4/h8-10H,5-7,13H2,1-4H3,(H,14,15)/t9?,10-/m0/s1. The van der Waals surface area contributed by atoms with E-state index in [-0.39, 0.29) is 23.3 Å². The average molecular weight is 212 g/mol. The predicted octanol–water partition coefficient (Wildman–Crippen LogP) is 1.66. The second kappa shape index (κ2) is 4.52. The van der Waals surface area contributed by atoms with Crippen LogP contribution in [0.2, 0.25) is 0 Å². The molecule has 1 unspecified atom stereocenters. The lowest BCUT2D eigenvalue weighted by Crippen LogP contribution is -2.50. The fourth-order valence-electron chi connectivity index (χ4n) is 2.17. The van der Waals surface area contributed by atoms with E-state index in [2.05, 4.69) is 19.2 Å². The molecular weight excluding hydrogens is 188 g/mol. The van der Waals surface area contributed by atoms with E-state index in [4.69, 9.17) is 5.73 Å². The van der Waals surface area contributed by atoms with Crippen molar-refractivity contribution in [3.8, 4) is 0 Å². The summed E-state index contributed by atoms with van der Waals surface area (Å²) in [6, 6.07) is -0.0730. The zero-order valence-corrected chi connectivity index (χ0v) is 10.3. The van der Waals surface area contributed by atoms with Crippen LogP contribution in [0.3, 0.4) is 0 Å². The van der Waals surface area contributed by atoms with E-state index in [1.54, 1.807) is 0 Å². The van der Waals surface area contributed by atoms with Gasteiger partial charge in [-0.05, 0) is 24.2 Å². The van der Waals surface area contributed by atoms with Gasteiger partial charge in [0.15, 0.2) is 0 Å². The molecule has 3 heteroatoms. The van der Waals surface area contributed by atoms with Gasteiger partial charge in [-0.3, -0.25) is 4.79 Å². The molecule has 0 aromatic heterocycles. The van der Waals surface area contributed by atoms with Crippen molar-refractivity contribution in [2.24, 2.45) is 17.1 Å². The number of amides is 1. The highest BCUT2D eigenvalue weighted by molar-refractivity contribution is 5.82. The van der Waals surface area contributed by atoms with Gasteiger partial charge in [-0.1, -0.05) is 34.1 Å². The number of carbonyl (C=O) groups is 1. The number of nitrogens with one attached hydrogen (secondary N) is 1. The Morgan fingerprint density at radius 3 is 2.47 bits per heavy atom. The highest BCUT2D eigenvalue weighted by atomic mass is 16.2. The minimum atomic E-state index is -0.374. The highest BCUT2D eigenvalue weighted by Crippen LogP contribution is 2.37. The van der Waals surface area contributed by atoms with Gasteiger partial charge >= 0.3 is 0 Å². The molecule has 3 N–H and O–H groups in total. The van der Waals surface area contributed by atoms with Crippen molar-refractivity contribution in [3.05, 3.63) is 0 Å². The topological polar surface area (TPSA) is 55.1 Å². The summed E-state index contributed by atoms with van der Waals surface area (Å²) in [5.41, 5.74) is 6.04. The minimum absolute atomic E-state index is 0.00461. The summed E-state index contributed by atoms with van der Waals surface area (Å²) >= 11 is 0. The zero-order chi connectivity index (χ0) is 11.6. The molecule has 1 amide bonds. The first kappa shape index (κ1) is 12.5. The van der Waals surface area contributed by atoms with Gasteiger partial charge in [0.05, 0.1) is 6.04 Å². The zero-order valence-electron chi connectivity index (χ0n) is 10.3. The molecule has 3 nitrogen and oxygen atoms in total. The Labute approximate surface area is 92.8 Å². The summed E-state index contributed by atoms with van der Waals surface area (Å²) in [7, 11) is 0. The van der Waals surface area contributed by atoms with Crippen molar-refractivity contribution in [1.82, 2.24) is 5.32 Å². The Hall–Kier alpha value is -0.570. The van der Waals surface area contributed by atoms with E-state index < -0.39 is 0 Å². The van der Waals surface area contributed by atoms with Gasteiger partial charge < -0.3 is 11.1 Å². The molecule has 0 aromatic carbocycles. The molecule has 0 radical (unpaired) electrons. The first-order valence-corrected chi connectivity index (χ1v) is 5.90. The van der Waals surface area contributed by atoms with Gasteiger partial charge in [0, 0.05) is 6.04 Å². The Balaban J connectivity index is 2.51. The van der Waals surface area contributed by atoms with Crippen LogP contribution in [0.4, 0.5) is 0 Å². The minimum Gasteiger partial charge on any atom is -0.351 e. The first-order chi connectivity index (χ1) is 6.84. The summed E-state index contributed by atoms with van der Waals surface area (Å²) in [5.74, 6) is 0.208. The maximum atomic E-state index is 11.8. The number of rotatable bonds is 3. The van der Waals surface area contributed by atoms with E-state index in [1.165, 1.54) is 12.8 Å². The summed E-state index contributed by atoms with van der Waals surface area (Å²) in [4.78, 5) is 11.8. The monoisotopic (exact) mass is 212 g/mol. The molecule has 1 aliphatic carbocycles. The summed E-state index contributed by atoms with van der Waals surface area (Å²) in [5, 5.41) is 3.09. The van der Waals surface area contributed by atoms with Crippen LogP contribution in [0, 0.1) is 11.3 Å². The van der Waals surface area contributed by atoms with Gasteiger partial charge in [0.1, 0.15) is 0 Å². The largest absolute Gasteiger partial charge is 0.351 e. The SMILES string of the molecule is CC(C)[C@H](N)C(=O)NC1CCCC1(C)C. The second-order valence-electron chi connectivity index (χ2n) is 5.71. The summed E-state index contributed by atoms with van der Waals surface area (Å²) < 4.78 is 0. The third kappa shape index (κ3) is 2.94. The number of nitrogens with two attached hydrogens (primary N) is 1. The van der Waals surface area contributed by atoms with E-state index in [1.807, 2.05) is 13.8 Å². The molecule has 0 aliphatic heterocycles. The lowest BCUT2D eigenvalue weighted by molar-refractivity contribution is -0.124. The third-order valence-corrected chi connectivity index (χ3v) is 3.59. The lowest BCUT2D eigenvalue weighted by atomic mass is 9.87. The molecule has 1 rings (SSSR count). The normalized spacial score (nSPS) is 26.7. The molecule has 15 heavy (non-hydrogen) atoms. The Morgan fingerprint density at radius 1 is 1.47 bits per heavy atom. The molecule has 88 valence electrons. The van der Waals surface area contributed by atoms with Crippen LogP contribution in [-0.4, -0.2) is 18.0 Å². The molecule has 0 heterocycles. The van der Waals surface area contributed by atoms with Gasteiger partial charge in [-0.15, -0.1) is 0 Å². The van der Waals surface area contributed by atoms with E-state index in [9.17, 15) is 4.79 Å². The fourth-order valence-corrected chi connectivity index (χ4v) is 2.17. The number of hydrogen-bond donors (Lipinski definition) is 2. The Morgan fingerprint density at radius 2 is 2.07 bits per heavy atom. The van der Waals surface area contributed by atoms with E-state index >= 15 is 0 Å². The van der Waals surface area contributed by atoms with Crippen LogP contribution in [0.1, 0.15) is 47.0 Å². The molecule has 1 saturated carbocycles. The summed E-state index contributed by atoms with van der Waals surface area (Å²) in [6.45, 7) is 8.38. The van der Waals surface area contributed by atoms with Crippen molar-refractivity contribution in [1.29, 1.82) is 0 Å². The van der Waals surface area contributed by atoms with Crippen molar-refractivity contribution in [2.75, 3.05) is 0 Å². The van der Waals surface area contributed by atoms with Gasteiger partial charge in [-0.25, -0.2) is 0 Å². The Bertz CT molecular complexity index is 236. The van der Waals surface area contributed by atoms with Gasteiger partial charge in [0.2, 0.25) is 5.91 Å². The van der Waals surface area contributed by atoms with Crippen molar-refractivity contribution in [3.63, 3.8) is 0 Å². The second-order valence-corrected chi connectivity index (χ2v) is 5.71. The molecule has 1 aliphatic rings. The fraction of sp³-hybridized carbons (Fsp3) is 0.917. The lowest BCUT2D eigenvalue weighted by Gasteiger charge is -2.29. The van der Waals surface area contributed by atoms with Crippen LogP contribution in [0.5, 0.6) is 0 Å². The van der Waals surface area contributed by atoms with E-state index in [0.717, 1.165) is 6.42 Å². The third-order valence-electron chi connectivity index (χ3n) is 3.59. The van der Waals surface area contributed by atoms with Crippen LogP contribution in [0.25, 0.3) is 0 Å². The molecule has 1 fully saturated rings. The van der Waals surface area contributed by atoms with Crippen LogP contribution >= 0.6 is 0 Å². The summed E-state index contributed by atoms with van der Waals surface area (Å²) in [6.07, 6.45) is 3.48. The van der Waals surface area contributed by atoms with Crippen LogP contribution in [-0.2, 0) is 4.79 Å². The molecule has 0 saturated heterocycles. The number of hydrogen-bond acceptors (Lipinski definition) is 2. The molecular formula is C12H24N2O. The molecule has 2 atom stereocenters. The van der Waals surface area contributed by atoms with E-state index in [0.29, 0.717) is 6.04 Å². The molecule has 0 aromatic rings. The van der Waals surface area contributed by atoms with Gasteiger partial charge in [-0.2, -0.15) is 0 Å². The van der Waals surface area contributed by atoms with Crippen molar-refractivity contribution >= 4 is 5.91 Å². The smallest absolute Gasteiger partial charge is 0.237 e. The average Bonchev–Trinajstić information content (AvgIpc) is 2.44. The van der Waals surface area contributed by atoms with Crippen molar-refractivity contribution in [2.45, 2.75) is 59.0 Å². The Kier molecular flexibility index (Phi) is 3.77. The predicted molar refractivity (Wildman–Crippen MR) is 62.4 cm³/mol. The van der Waals surface area contributed by atoms with Crippen LogP contribution < -0.4 is 11.1 Å². The maximum absolute atomic E-state index is 11.8. The number of carbonyl (C=O) groups excluding carboxylic acids is 1. The first-order valence-electron chi connectivity index (χ1n) is 5.90. The van der Waals surface area contributed by atoms with Gasteiger partial charge in [0.25, 0.3) is 0 Å². The van der Waals surface area contributed by atoms with Crippen LogP contribution in [0.15, 0.2) is 0 Å². The highest BCUT2D eigenvalue weighted by Gasteiger charge is 2.36. The van der Waals surface area contributed by atoms with Crippen molar-refractivity contribution < 1.29 is 4.79 Å². The molecule has 0 bridgehead atoms.